The molecule has 60 atom stereocenters. The van der Waals surface area contributed by atoms with Crippen LogP contribution in [-0.4, -0.2) is 622 Å². The second-order valence-corrected chi connectivity index (χ2v) is 37.3. The Balaban J connectivity index is 0.882. The van der Waals surface area contributed by atoms with E-state index in [1.54, 1.807) is 0 Å². The summed E-state index contributed by atoms with van der Waals surface area (Å²) in [5, 5.41) is 364. The van der Waals surface area contributed by atoms with Crippen LogP contribution in [0.4, 0.5) is 0 Å². The van der Waals surface area contributed by atoms with Gasteiger partial charge in [0.2, 0.25) is 29.5 Å². The number of carbonyl (C=O) groups excluding carboxylic acids is 5. The van der Waals surface area contributed by atoms with Crippen molar-refractivity contribution >= 4 is 29.5 Å². The predicted molar refractivity (Wildman–Crippen MR) is 450 cm³/mol. The smallest absolute Gasteiger partial charge is 0.217 e. The fourth-order valence-corrected chi connectivity index (χ4v) is 19.1. The van der Waals surface area contributed by atoms with Gasteiger partial charge < -0.3 is 294 Å². The molecule has 0 aromatic carbocycles. The van der Waals surface area contributed by atoms with E-state index in [1.807, 2.05) is 0 Å². The summed E-state index contributed by atoms with van der Waals surface area (Å²) in [6, 6.07) is -9.87. The summed E-state index contributed by atoms with van der Waals surface area (Å²) in [5.41, 5.74) is 0. The van der Waals surface area contributed by atoms with E-state index in [4.69, 9.17) is 109 Å². The first-order chi connectivity index (χ1) is 69.0. The van der Waals surface area contributed by atoms with Crippen molar-refractivity contribution in [1.29, 1.82) is 0 Å². The predicted octanol–water partition coefficient (Wildman–Crippen LogP) is -24.4. The molecule has 64 nitrogen and oxygen atoms in total. The van der Waals surface area contributed by atoms with Gasteiger partial charge in [-0.05, 0) is 13.8 Å². The number of aliphatic hydroxyl groups is 31. The molecule has 12 fully saturated rings. The monoisotopic (exact) mass is 2140 g/mol. The molecule has 1 unspecified atom stereocenters. The number of rotatable bonds is 37. The largest absolute Gasteiger partial charge is 0.394 e. The Morgan fingerprint density at radius 3 is 0.863 bits per heavy atom. The lowest BCUT2D eigenvalue weighted by Gasteiger charge is -2.52. The number of hydrogen-bond acceptors (Lipinski definition) is 59. The van der Waals surface area contributed by atoms with E-state index in [9.17, 15) is 182 Å². The third-order valence-corrected chi connectivity index (χ3v) is 27.0. The van der Waals surface area contributed by atoms with E-state index in [0.29, 0.717) is 0 Å². The van der Waals surface area contributed by atoms with Gasteiger partial charge in [0.15, 0.2) is 75.5 Å². The van der Waals surface area contributed by atoms with Crippen LogP contribution in [0, 0.1) is 0 Å². The Morgan fingerprint density at radius 1 is 0.192 bits per heavy atom. The number of aliphatic hydroxyl groups excluding tert-OH is 31. The summed E-state index contributed by atoms with van der Waals surface area (Å²) in [6.45, 7) is -4.60. The van der Waals surface area contributed by atoms with Crippen molar-refractivity contribution in [3.8, 4) is 0 Å². The zero-order chi connectivity index (χ0) is 107. The van der Waals surface area contributed by atoms with Crippen LogP contribution in [0.2, 0.25) is 0 Å². The fraction of sp³-hybridized carbons (Fsp3) is 0.939. The Bertz CT molecular complexity index is 4090. The van der Waals surface area contributed by atoms with Crippen LogP contribution < -0.4 is 26.6 Å². The number of amides is 5. The molecule has 844 valence electrons. The average molecular weight is 2140 g/mol. The van der Waals surface area contributed by atoms with Crippen molar-refractivity contribution < 1.29 is 291 Å². The van der Waals surface area contributed by atoms with Gasteiger partial charge in [0, 0.05) is 34.6 Å². The second-order valence-electron chi connectivity index (χ2n) is 37.3. The quantitative estimate of drug-likeness (QED) is 0.0275. The Hall–Kier alpha value is -4.81. The van der Waals surface area contributed by atoms with Gasteiger partial charge in [-0.15, -0.1) is 0 Å². The summed E-state index contributed by atoms with van der Waals surface area (Å²) < 4.78 is 139. The van der Waals surface area contributed by atoms with Crippen molar-refractivity contribution in [2.45, 2.75) is 417 Å². The summed E-state index contributed by atoms with van der Waals surface area (Å²) in [4.78, 5) is 65.3. The van der Waals surface area contributed by atoms with Gasteiger partial charge in [-0.3, -0.25) is 24.0 Å². The third-order valence-electron chi connectivity index (χ3n) is 27.0. The molecule has 0 bridgehead atoms. The van der Waals surface area contributed by atoms with Gasteiger partial charge in [0.05, 0.1) is 78.3 Å². The highest BCUT2D eigenvalue weighted by Crippen LogP contribution is 2.43. The van der Waals surface area contributed by atoms with E-state index in [0.717, 1.165) is 34.6 Å². The minimum absolute atomic E-state index is 0.859. The van der Waals surface area contributed by atoms with Crippen LogP contribution in [0.15, 0.2) is 0 Å². The Labute approximate surface area is 827 Å². The van der Waals surface area contributed by atoms with Crippen molar-refractivity contribution in [3.63, 3.8) is 0 Å². The molecule has 0 saturated carbocycles. The molecular weight excluding hydrogens is 2000 g/mol. The van der Waals surface area contributed by atoms with Gasteiger partial charge in [-0.25, -0.2) is 0 Å². The highest BCUT2D eigenvalue weighted by molar-refractivity contribution is 5.75. The summed E-state index contributed by atoms with van der Waals surface area (Å²) in [6.07, 6.45) is -117. The minimum atomic E-state index is -2.72. The van der Waals surface area contributed by atoms with Crippen LogP contribution in [0.5, 0.6) is 0 Å². The van der Waals surface area contributed by atoms with E-state index < -0.39 is 464 Å². The van der Waals surface area contributed by atoms with Crippen molar-refractivity contribution in [2.75, 3.05) is 66.1 Å². The molecule has 0 aliphatic carbocycles. The highest BCUT2D eigenvalue weighted by atomic mass is 16.8. The zero-order valence-corrected chi connectivity index (χ0v) is 79.0. The Morgan fingerprint density at radius 2 is 0.438 bits per heavy atom. The van der Waals surface area contributed by atoms with Crippen molar-refractivity contribution in [2.24, 2.45) is 0 Å². The van der Waals surface area contributed by atoms with Crippen LogP contribution >= 0.6 is 0 Å². The lowest BCUT2D eigenvalue weighted by molar-refractivity contribution is -0.406. The number of hydrogen-bond donors (Lipinski definition) is 36. The molecule has 12 aliphatic heterocycles. The van der Waals surface area contributed by atoms with Crippen molar-refractivity contribution in [3.05, 3.63) is 0 Å². The molecule has 0 aromatic heterocycles. The van der Waals surface area contributed by atoms with Crippen LogP contribution in [0.25, 0.3) is 0 Å². The molecule has 0 radical (unpaired) electrons. The van der Waals surface area contributed by atoms with Gasteiger partial charge in [-0.2, -0.15) is 0 Å². The molecule has 5 amide bonds. The molecule has 36 N–H and O–H groups in total. The molecular formula is C82H137N5O59. The molecule has 12 rings (SSSR count). The highest BCUT2D eigenvalue weighted by Gasteiger charge is 2.64. The topological polar surface area (TPSA) is 985 Å². The maximum absolute atomic E-state index is 13.6. The average Bonchev–Trinajstić information content (AvgIpc) is 0.778. The maximum atomic E-state index is 13.6. The number of carbonyl (C=O) groups is 5. The lowest BCUT2D eigenvalue weighted by atomic mass is 9.93. The molecule has 12 saturated heterocycles. The number of nitrogens with one attached hydrogen (secondary N) is 5. The van der Waals surface area contributed by atoms with Crippen molar-refractivity contribution in [1.82, 2.24) is 26.6 Å². The van der Waals surface area contributed by atoms with Crippen LogP contribution in [0.1, 0.15) is 48.5 Å². The first-order valence-corrected chi connectivity index (χ1v) is 46.9. The summed E-state index contributed by atoms with van der Waals surface area (Å²) >= 11 is 0. The first-order valence-electron chi connectivity index (χ1n) is 46.9. The molecule has 12 aliphatic rings. The molecule has 64 heteroatoms. The van der Waals surface area contributed by atoms with Gasteiger partial charge >= 0.3 is 0 Å². The van der Waals surface area contributed by atoms with E-state index >= 15 is 0 Å². The summed E-state index contributed by atoms with van der Waals surface area (Å²) in [7, 11) is 0. The van der Waals surface area contributed by atoms with Crippen LogP contribution in [0.3, 0.4) is 0 Å². The lowest BCUT2D eigenvalue weighted by Crippen LogP contribution is -2.71. The third kappa shape index (κ3) is 26.4. The maximum Gasteiger partial charge on any atom is 0.217 e. The van der Waals surface area contributed by atoms with E-state index in [2.05, 4.69) is 26.6 Å². The fourth-order valence-electron chi connectivity index (χ4n) is 19.1. The van der Waals surface area contributed by atoms with Gasteiger partial charge in [-0.1, -0.05) is 0 Å². The van der Waals surface area contributed by atoms with E-state index in [-0.39, 0.29) is 0 Å². The van der Waals surface area contributed by atoms with Gasteiger partial charge in [0.1, 0.15) is 280 Å². The summed E-state index contributed by atoms with van der Waals surface area (Å²) in [5.74, 6) is -4.86. The molecule has 0 aromatic rings. The van der Waals surface area contributed by atoms with Crippen LogP contribution in [-0.2, 0) is 133 Å². The molecule has 0 spiro atoms. The van der Waals surface area contributed by atoms with E-state index in [1.165, 1.54) is 13.8 Å². The normalized spacial score (nSPS) is 49.8. The van der Waals surface area contributed by atoms with Gasteiger partial charge in [0.25, 0.3) is 0 Å². The first kappa shape index (κ1) is 120. The number of ether oxygens (including phenoxy) is 23. The second kappa shape index (κ2) is 52.2. The minimum Gasteiger partial charge on any atom is -0.394 e. The molecule has 146 heavy (non-hydrogen) atoms. The zero-order valence-electron chi connectivity index (χ0n) is 79.0. The Kier molecular flexibility index (Phi) is 42.8. The molecule has 12 heterocycles. The standard InChI is InChI=1S/C82H137N5O59/c1-18-40(101)53(114)58(119)76(126-18)124-17-34-65(49(110)35(71(123)128-34)83-20(3)96)138-73-37(85-22(5)98)50(111)63(31(14-94)134-73)140-79-61(122)66(47(108)33(137-79)16-125-80-68(56(117)44(105)27(10-90)131-80)144-74-38(86-23(6)99)51(112)62(30(13-93)135-74)139-78-60(121)55(116)43(104)26(9-89)130-78)142-81-69(57(118)45(106)28(11-91)132-81)145-75-39(87-24(7)100)52(113)64(32(15-95)136-75)141-82-70(146-77-59(120)54(115)41(102)19(2)127-77)67(46(107)29(12-92)133-82)143-72-36(84-21(4)97)48(109)42(103)25(8-88)129-72/h18-19,25-82,88-95,101-123H,8-17H2,1-7H3,(H,83,96)(H,84,97)(H,85,98)(H,86,99)(H,87,100)/t18-,19-,25+,26+,27+,28+,29+,30+,31+,32+,33+,34+,35+,36+,37+,38+,39-,40+,41+,42-,43-,44+,45+,46-,47+,48+,49+,50+,51+,52+,53+,54+,55-,56-,57-,58-,59-,60+,61-,62+,63+,64+,65+,66-,67-,68-,69-,70+,71?,72+,73-,74-,75-,76+,77-,78-,79-,80-,81+,82-/m0/s1. The SMILES string of the molecule is CC(=O)N[C@@H]1[C@H](O[C@@H]2[C@@H](O[C@@H]3[C@H](O)[C@H](O[C@H]4[C@H](O)[C@@H](NC(C)=O)[C@H](O[C@H]5[C@H](O)[C@@H](NC(C)=O)C(O)O[C@@H]5CO[C@@H]5O[C@@H](C)[C@@H](O)[C@@H](O)[C@@H]5O)O[C@@H]4CO)O[C@H](CO[C@H]4O[C@H](CO)[C@@H](O)[C@H](O)[C@@H]4O[C@@H]4O[C@H](CO)[C@@H](O[C@@H]5O[C@H](CO)[C@H](O)[C@H](O)[C@H]5O)[C@H](O)[C@H]4NC(C)=O)[C@H]3O)O[C@H](CO)[C@@H](O)[C@@H]2O)O[C@H](CO)[C@@H](O[C@@H]2O[C@H](CO)[C@H](O)[C@H](O[C@H]3O[C@H](CO)[C@H](O)[C@H](O)[C@H]3NC(C)=O)[C@H]2O[C@@H]2O[C@@H](C)[C@@H](O)[C@@H](O)[C@@H]2O)[C@@H]1O.